The van der Waals surface area contributed by atoms with Gasteiger partial charge < -0.3 is 15.5 Å². The summed E-state index contributed by atoms with van der Waals surface area (Å²) in [6, 6.07) is 4.77. The maximum atomic E-state index is 10.8. The highest BCUT2D eigenvalue weighted by atomic mass is 16.4. The largest absolute Gasteiger partial charge is 0.480 e. The van der Waals surface area contributed by atoms with Crippen molar-refractivity contribution < 1.29 is 19.8 Å². The van der Waals surface area contributed by atoms with E-state index >= 15 is 0 Å². The molecular weight excluding hydrogens is 198 g/mol. The zero-order chi connectivity index (χ0) is 11.4. The topological polar surface area (TPSA) is 86.6 Å². The van der Waals surface area contributed by atoms with Gasteiger partial charge in [-0.1, -0.05) is 11.6 Å². The standard InChI is InChI=1S/C10H11NO4/c1-6-2-3-8(11-5-9(12)13)7(4-6)10(14)15/h2-4,11H,5H2,1H3,(H,12,13)(H,14,15). The Labute approximate surface area is 86.4 Å². The van der Waals surface area contributed by atoms with Gasteiger partial charge >= 0.3 is 11.9 Å². The molecule has 0 bridgehead atoms. The first-order chi connectivity index (χ1) is 7.00. The maximum Gasteiger partial charge on any atom is 0.337 e. The van der Waals surface area contributed by atoms with Crippen LogP contribution in [-0.4, -0.2) is 28.7 Å². The van der Waals surface area contributed by atoms with Crippen molar-refractivity contribution in [2.45, 2.75) is 6.92 Å². The fourth-order valence-electron chi connectivity index (χ4n) is 1.16. The number of carboxylic acid groups (broad SMARTS) is 2. The summed E-state index contributed by atoms with van der Waals surface area (Å²) >= 11 is 0. The van der Waals surface area contributed by atoms with E-state index in [1.54, 1.807) is 19.1 Å². The Bertz CT molecular complexity index is 400. The van der Waals surface area contributed by atoms with E-state index in [2.05, 4.69) is 5.32 Å². The summed E-state index contributed by atoms with van der Waals surface area (Å²) in [5.41, 5.74) is 1.21. The number of benzene rings is 1. The third-order valence-corrected chi connectivity index (χ3v) is 1.84. The van der Waals surface area contributed by atoms with Crippen molar-refractivity contribution in [3.05, 3.63) is 29.3 Å². The predicted molar refractivity (Wildman–Crippen MR) is 54.3 cm³/mol. The number of aliphatic carboxylic acids is 1. The summed E-state index contributed by atoms with van der Waals surface area (Å²) in [5, 5.41) is 19.9. The molecule has 0 aliphatic heterocycles. The lowest BCUT2D eigenvalue weighted by Crippen LogP contribution is -2.14. The Hall–Kier alpha value is -2.04. The first-order valence-corrected chi connectivity index (χ1v) is 4.30. The normalized spacial score (nSPS) is 9.67. The molecule has 0 spiro atoms. The van der Waals surface area contributed by atoms with Gasteiger partial charge in [-0.05, 0) is 19.1 Å². The molecule has 1 aromatic carbocycles. The summed E-state index contributed by atoms with van der Waals surface area (Å²) in [7, 11) is 0. The van der Waals surface area contributed by atoms with Gasteiger partial charge in [-0.3, -0.25) is 4.79 Å². The van der Waals surface area contributed by atoms with E-state index in [1.807, 2.05) is 0 Å². The number of anilines is 1. The molecule has 1 aromatic rings. The van der Waals surface area contributed by atoms with E-state index in [9.17, 15) is 9.59 Å². The van der Waals surface area contributed by atoms with Gasteiger partial charge in [0.05, 0.1) is 5.56 Å². The van der Waals surface area contributed by atoms with Crippen LogP contribution in [-0.2, 0) is 4.79 Å². The highest BCUT2D eigenvalue weighted by molar-refractivity contribution is 5.95. The summed E-state index contributed by atoms with van der Waals surface area (Å²) in [6.07, 6.45) is 0. The minimum Gasteiger partial charge on any atom is -0.480 e. The van der Waals surface area contributed by atoms with E-state index in [0.717, 1.165) is 5.56 Å². The molecule has 5 nitrogen and oxygen atoms in total. The molecule has 0 heterocycles. The van der Waals surface area contributed by atoms with Crippen LogP contribution in [0.5, 0.6) is 0 Å². The van der Waals surface area contributed by atoms with Crippen LogP contribution in [0.2, 0.25) is 0 Å². The monoisotopic (exact) mass is 209 g/mol. The van der Waals surface area contributed by atoms with E-state index in [1.165, 1.54) is 6.07 Å². The lowest BCUT2D eigenvalue weighted by molar-refractivity contribution is -0.134. The SMILES string of the molecule is Cc1ccc(NCC(=O)O)c(C(=O)O)c1. The van der Waals surface area contributed by atoms with Crippen LogP contribution in [0.3, 0.4) is 0 Å². The van der Waals surface area contributed by atoms with Crippen molar-refractivity contribution in [3.63, 3.8) is 0 Å². The number of carbonyl (C=O) groups is 2. The zero-order valence-corrected chi connectivity index (χ0v) is 8.15. The van der Waals surface area contributed by atoms with E-state index in [-0.39, 0.29) is 12.1 Å². The van der Waals surface area contributed by atoms with Crippen molar-refractivity contribution in [2.24, 2.45) is 0 Å². The lowest BCUT2D eigenvalue weighted by atomic mass is 10.1. The van der Waals surface area contributed by atoms with Crippen LogP contribution < -0.4 is 5.32 Å². The molecule has 0 fully saturated rings. The van der Waals surface area contributed by atoms with Crippen LogP contribution in [0.25, 0.3) is 0 Å². The average Bonchev–Trinajstić information content (AvgIpc) is 2.15. The van der Waals surface area contributed by atoms with Gasteiger partial charge in [0.2, 0.25) is 0 Å². The van der Waals surface area contributed by atoms with Gasteiger partial charge in [-0.2, -0.15) is 0 Å². The summed E-state index contributed by atoms with van der Waals surface area (Å²) in [5.74, 6) is -2.11. The molecule has 0 aliphatic rings. The van der Waals surface area contributed by atoms with Crippen molar-refractivity contribution in [1.29, 1.82) is 0 Å². The third kappa shape index (κ3) is 2.98. The number of rotatable bonds is 4. The molecule has 3 N–H and O–H groups in total. The van der Waals surface area contributed by atoms with Gasteiger partial charge in [-0.25, -0.2) is 4.79 Å². The van der Waals surface area contributed by atoms with Crippen LogP contribution in [0.1, 0.15) is 15.9 Å². The zero-order valence-electron chi connectivity index (χ0n) is 8.15. The van der Waals surface area contributed by atoms with Gasteiger partial charge in [0.15, 0.2) is 0 Å². The predicted octanol–water partition coefficient (Wildman–Crippen LogP) is 1.19. The Kier molecular flexibility index (Phi) is 3.28. The minimum atomic E-state index is -1.08. The summed E-state index contributed by atoms with van der Waals surface area (Å²) in [4.78, 5) is 21.1. The molecule has 0 aliphatic carbocycles. The second-order valence-corrected chi connectivity index (χ2v) is 3.10. The molecule has 0 amide bonds. The molecule has 15 heavy (non-hydrogen) atoms. The molecule has 0 radical (unpaired) electrons. The Morgan fingerprint density at radius 3 is 2.53 bits per heavy atom. The van der Waals surface area contributed by atoms with Gasteiger partial charge in [0, 0.05) is 5.69 Å². The third-order valence-electron chi connectivity index (χ3n) is 1.84. The van der Waals surface area contributed by atoms with Crippen molar-refractivity contribution in [1.82, 2.24) is 0 Å². The molecular formula is C10H11NO4. The fourth-order valence-corrected chi connectivity index (χ4v) is 1.16. The molecule has 0 saturated heterocycles. The first kappa shape index (κ1) is 11.0. The van der Waals surface area contributed by atoms with Gasteiger partial charge in [0.1, 0.15) is 6.54 Å². The molecule has 0 aromatic heterocycles. The van der Waals surface area contributed by atoms with Crippen molar-refractivity contribution >= 4 is 17.6 Å². The molecule has 0 atom stereocenters. The first-order valence-electron chi connectivity index (χ1n) is 4.30. The van der Waals surface area contributed by atoms with Crippen LogP contribution >= 0.6 is 0 Å². The van der Waals surface area contributed by atoms with E-state index in [4.69, 9.17) is 10.2 Å². The number of aryl methyl sites for hydroxylation is 1. The fraction of sp³-hybridized carbons (Fsp3) is 0.200. The van der Waals surface area contributed by atoms with Crippen LogP contribution in [0, 0.1) is 6.92 Å². The highest BCUT2D eigenvalue weighted by Crippen LogP contribution is 2.16. The molecule has 1 rings (SSSR count). The minimum absolute atomic E-state index is 0.0799. The smallest absolute Gasteiger partial charge is 0.337 e. The Balaban J connectivity index is 2.95. The lowest BCUT2D eigenvalue weighted by Gasteiger charge is -2.07. The second-order valence-electron chi connectivity index (χ2n) is 3.10. The number of aromatic carboxylic acids is 1. The van der Waals surface area contributed by atoms with Crippen LogP contribution in [0.4, 0.5) is 5.69 Å². The quantitative estimate of drug-likeness (QED) is 0.693. The Morgan fingerprint density at radius 1 is 1.33 bits per heavy atom. The number of hydrogen-bond acceptors (Lipinski definition) is 3. The molecule has 5 heteroatoms. The van der Waals surface area contributed by atoms with Crippen molar-refractivity contribution in [3.8, 4) is 0 Å². The van der Waals surface area contributed by atoms with Crippen LogP contribution in [0.15, 0.2) is 18.2 Å². The molecule has 0 saturated carbocycles. The number of nitrogens with one attached hydrogen (secondary N) is 1. The Morgan fingerprint density at radius 2 is 2.00 bits per heavy atom. The maximum absolute atomic E-state index is 10.8. The number of carboxylic acids is 2. The van der Waals surface area contributed by atoms with E-state index in [0.29, 0.717) is 5.69 Å². The molecule has 80 valence electrons. The van der Waals surface area contributed by atoms with Gasteiger partial charge in [-0.15, -0.1) is 0 Å². The number of hydrogen-bond donors (Lipinski definition) is 3. The molecule has 0 unspecified atom stereocenters. The average molecular weight is 209 g/mol. The van der Waals surface area contributed by atoms with E-state index < -0.39 is 11.9 Å². The van der Waals surface area contributed by atoms with Gasteiger partial charge in [0.25, 0.3) is 0 Å². The second kappa shape index (κ2) is 4.45. The summed E-state index contributed by atoms with van der Waals surface area (Å²) < 4.78 is 0. The summed E-state index contributed by atoms with van der Waals surface area (Å²) in [6.45, 7) is 1.47. The highest BCUT2D eigenvalue weighted by Gasteiger charge is 2.10. The van der Waals surface area contributed by atoms with Crippen molar-refractivity contribution in [2.75, 3.05) is 11.9 Å².